The molecule has 4 heterocycles. The summed E-state index contributed by atoms with van der Waals surface area (Å²) in [6.45, 7) is 2.14. The number of benzene rings is 2. The van der Waals surface area contributed by atoms with Crippen LogP contribution in [0.2, 0.25) is 10.0 Å². The molecule has 4 N–H and O–H groups in total. The molecule has 2 aromatic carbocycles. The number of aromatic nitrogens is 4. The summed E-state index contributed by atoms with van der Waals surface area (Å²) in [5.74, 6) is 0.925. The van der Waals surface area contributed by atoms with Gasteiger partial charge in [0.25, 0.3) is 0 Å². The fourth-order valence-corrected chi connectivity index (χ4v) is 6.54. The lowest BCUT2D eigenvalue weighted by Crippen LogP contribution is -2.35. The van der Waals surface area contributed by atoms with Crippen LogP contribution < -0.4 is 30.7 Å². The van der Waals surface area contributed by atoms with Gasteiger partial charge in [-0.15, -0.1) is 0 Å². The number of nitrogens with zero attached hydrogens (tertiary/aromatic N) is 4. The van der Waals surface area contributed by atoms with Crippen molar-refractivity contribution in [1.82, 2.24) is 41.2 Å². The van der Waals surface area contributed by atoms with Crippen molar-refractivity contribution in [3.63, 3.8) is 0 Å². The summed E-state index contributed by atoms with van der Waals surface area (Å²) in [5, 5.41) is 13.5. The van der Waals surface area contributed by atoms with Crippen LogP contribution in [0, 0.1) is 0 Å². The predicted molar refractivity (Wildman–Crippen MR) is 183 cm³/mol. The first kappa shape index (κ1) is 33.5. The van der Waals surface area contributed by atoms with Gasteiger partial charge >= 0.3 is 0 Å². The molecule has 0 saturated carbocycles. The average molecular weight is 692 g/mol. The third-order valence-corrected chi connectivity index (χ3v) is 9.20. The number of methoxy groups -OCH3 is 2. The molecule has 2 aromatic heterocycles. The van der Waals surface area contributed by atoms with E-state index in [1.54, 1.807) is 26.6 Å². The Kier molecular flexibility index (Phi) is 10.7. The summed E-state index contributed by atoms with van der Waals surface area (Å²) in [6.07, 6.45) is 6.07. The summed E-state index contributed by atoms with van der Waals surface area (Å²) in [5.41, 5.74) is 5.16. The Morgan fingerprint density at radius 2 is 1.12 bits per heavy atom. The van der Waals surface area contributed by atoms with Crippen molar-refractivity contribution in [2.45, 2.75) is 50.9 Å². The Labute approximate surface area is 288 Å². The van der Waals surface area contributed by atoms with E-state index in [1.165, 1.54) is 0 Å². The lowest BCUT2D eigenvalue weighted by atomic mass is 9.98. The third kappa shape index (κ3) is 7.52. The molecule has 4 aromatic rings. The summed E-state index contributed by atoms with van der Waals surface area (Å²) in [6, 6.07) is 11.5. The Morgan fingerprint density at radius 3 is 1.50 bits per heavy atom. The molecule has 2 aliphatic heterocycles. The summed E-state index contributed by atoms with van der Waals surface area (Å²) >= 11 is 14.1. The van der Waals surface area contributed by atoms with E-state index in [9.17, 15) is 9.59 Å². The number of ether oxygens (including phenoxy) is 2. The van der Waals surface area contributed by atoms with Gasteiger partial charge < -0.3 is 30.7 Å². The van der Waals surface area contributed by atoms with Crippen LogP contribution >= 0.6 is 23.2 Å². The second-order valence-electron chi connectivity index (χ2n) is 11.6. The van der Waals surface area contributed by atoms with Crippen LogP contribution in [0.5, 0.6) is 11.8 Å². The monoisotopic (exact) mass is 690 g/mol. The molecule has 2 atom stereocenters. The van der Waals surface area contributed by atoms with E-state index in [1.807, 2.05) is 36.4 Å². The number of amides is 2. The highest BCUT2D eigenvalue weighted by molar-refractivity contribution is 6.39. The van der Waals surface area contributed by atoms with Gasteiger partial charge in [-0.3, -0.25) is 19.6 Å². The molecule has 0 bridgehead atoms. The zero-order valence-electron chi connectivity index (χ0n) is 26.6. The molecule has 14 heteroatoms. The molecule has 2 fully saturated rings. The van der Waals surface area contributed by atoms with Gasteiger partial charge in [0, 0.05) is 73.4 Å². The highest BCUT2D eigenvalue weighted by Crippen LogP contribution is 2.42. The molecule has 48 heavy (non-hydrogen) atoms. The van der Waals surface area contributed by atoms with Crippen LogP contribution in [0.3, 0.4) is 0 Å². The van der Waals surface area contributed by atoms with Crippen molar-refractivity contribution in [1.29, 1.82) is 0 Å². The predicted octanol–water partition coefficient (Wildman–Crippen LogP) is 4.33. The molecule has 2 amide bonds. The van der Waals surface area contributed by atoms with Crippen LogP contribution in [-0.2, 0) is 22.7 Å². The minimum absolute atomic E-state index is 0.0799. The molecule has 0 spiro atoms. The quantitative estimate of drug-likeness (QED) is 0.160. The fraction of sp³-hybridized carbons (Fsp3) is 0.353. The van der Waals surface area contributed by atoms with Crippen molar-refractivity contribution in [3.8, 4) is 45.4 Å². The van der Waals surface area contributed by atoms with Gasteiger partial charge in [0.2, 0.25) is 23.6 Å². The highest BCUT2D eigenvalue weighted by atomic mass is 35.5. The third-order valence-electron chi connectivity index (χ3n) is 8.39. The molecule has 0 aliphatic carbocycles. The van der Waals surface area contributed by atoms with Crippen molar-refractivity contribution in [2.24, 2.45) is 0 Å². The maximum Gasteiger partial charge on any atom is 0.237 e. The summed E-state index contributed by atoms with van der Waals surface area (Å²) in [7, 11) is 3.10. The first-order chi connectivity index (χ1) is 23.3. The minimum atomic E-state index is 0.0799. The number of carbonyl (C=O) groups is 2. The molecular formula is C34H36Cl2N8O4. The normalized spacial score (nSPS) is 17.3. The largest absolute Gasteiger partial charge is 0.480 e. The van der Waals surface area contributed by atoms with Crippen LogP contribution in [0.15, 0.2) is 48.8 Å². The van der Waals surface area contributed by atoms with Gasteiger partial charge in [-0.25, -0.2) is 9.97 Å². The molecule has 0 unspecified atom stereocenters. The van der Waals surface area contributed by atoms with Gasteiger partial charge in [-0.2, -0.15) is 0 Å². The molecule has 250 valence electrons. The fourth-order valence-electron chi connectivity index (χ4n) is 5.89. The second-order valence-corrected chi connectivity index (χ2v) is 12.4. The van der Waals surface area contributed by atoms with Crippen LogP contribution in [0.1, 0.15) is 37.1 Å². The molecule has 0 radical (unpaired) electrons. The van der Waals surface area contributed by atoms with Crippen LogP contribution in [-0.4, -0.2) is 71.1 Å². The number of hydrogen-bond acceptors (Lipinski definition) is 10. The smallest absolute Gasteiger partial charge is 0.237 e. The van der Waals surface area contributed by atoms with Crippen LogP contribution in [0.25, 0.3) is 33.6 Å². The Balaban J connectivity index is 1.20. The number of halogens is 2. The second kappa shape index (κ2) is 15.2. The summed E-state index contributed by atoms with van der Waals surface area (Å²) < 4.78 is 11.1. The standard InChI is InChI=1S/C34H36Cl2N8O4/c1-47-33-27(15-37-13-19-9-11-29(45)41-19)39-17-25(43-33)23-7-3-5-21(31(23)35)22-6-4-8-24(32(22)36)26-18-40-28(34(44-26)48-2)16-38-14-20-10-12-30(46)42-20/h3-8,17-20,37-38H,9-16H2,1-2H3,(H,41,45)(H,42,46)/t19-,20-/m0/s1. The van der Waals surface area contributed by atoms with Gasteiger partial charge in [0.05, 0.1) is 48.0 Å². The van der Waals surface area contributed by atoms with E-state index in [0.717, 1.165) is 12.8 Å². The molecule has 2 aliphatic rings. The Bertz CT molecular complexity index is 1690. The van der Waals surface area contributed by atoms with E-state index in [-0.39, 0.29) is 23.9 Å². The van der Waals surface area contributed by atoms with E-state index in [4.69, 9.17) is 42.6 Å². The van der Waals surface area contributed by atoms with E-state index in [2.05, 4.69) is 31.2 Å². The van der Waals surface area contributed by atoms with Crippen molar-refractivity contribution < 1.29 is 19.1 Å². The molecule has 2 saturated heterocycles. The zero-order valence-corrected chi connectivity index (χ0v) is 28.1. The first-order valence-electron chi connectivity index (χ1n) is 15.7. The van der Waals surface area contributed by atoms with E-state index >= 15 is 0 Å². The van der Waals surface area contributed by atoms with Gasteiger partial charge in [-0.05, 0) is 12.8 Å². The zero-order chi connectivity index (χ0) is 33.6. The van der Waals surface area contributed by atoms with Crippen molar-refractivity contribution in [2.75, 3.05) is 27.3 Å². The number of nitrogens with one attached hydrogen (secondary N) is 4. The number of hydrogen-bond donors (Lipinski definition) is 4. The highest BCUT2D eigenvalue weighted by Gasteiger charge is 2.23. The van der Waals surface area contributed by atoms with Gasteiger partial charge in [0.1, 0.15) is 11.4 Å². The SMILES string of the molecule is COc1nc(-c2cccc(-c3cccc(-c4cnc(CNC[C@@H]5CCC(=O)N5)c(OC)n4)c3Cl)c2Cl)cnc1CNC[C@@H]1CCC(=O)N1. The molecular weight excluding hydrogens is 655 g/mol. The first-order valence-corrected chi connectivity index (χ1v) is 16.5. The summed E-state index contributed by atoms with van der Waals surface area (Å²) in [4.78, 5) is 41.6. The topological polar surface area (TPSA) is 152 Å². The minimum Gasteiger partial charge on any atom is -0.480 e. The van der Waals surface area contributed by atoms with Crippen molar-refractivity contribution >= 4 is 35.0 Å². The van der Waals surface area contributed by atoms with Crippen LogP contribution in [0.4, 0.5) is 0 Å². The van der Waals surface area contributed by atoms with Gasteiger partial charge in [0.15, 0.2) is 0 Å². The van der Waals surface area contributed by atoms with Gasteiger partial charge in [-0.1, -0.05) is 59.6 Å². The number of carbonyl (C=O) groups excluding carboxylic acids is 2. The average Bonchev–Trinajstić information content (AvgIpc) is 3.72. The Hall–Kier alpha value is -4.36. The lowest BCUT2D eigenvalue weighted by Gasteiger charge is -2.15. The lowest BCUT2D eigenvalue weighted by molar-refractivity contribution is -0.120. The maximum atomic E-state index is 11.5. The molecule has 6 rings (SSSR count). The number of rotatable bonds is 13. The van der Waals surface area contributed by atoms with Crippen molar-refractivity contribution in [3.05, 3.63) is 70.2 Å². The van der Waals surface area contributed by atoms with E-state index < -0.39 is 0 Å². The molecule has 12 nitrogen and oxygen atoms in total. The van der Waals surface area contributed by atoms with E-state index in [0.29, 0.717) is 106 Å². The maximum absolute atomic E-state index is 11.5. The Morgan fingerprint density at radius 1 is 0.708 bits per heavy atom.